The number of nitrogens with zero attached hydrogens (tertiary/aromatic N) is 3. The van der Waals surface area contributed by atoms with Gasteiger partial charge in [-0.1, -0.05) is 12.1 Å². The number of amides is 1. The minimum Gasteiger partial charge on any atom is -0.353 e. The number of benzene rings is 1. The van der Waals surface area contributed by atoms with Crippen molar-refractivity contribution < 1.29 is 18.0 Å². The second-order valence-electron chi connectivity index (χ2n) is 6.64. The van der Waals surface area contributed by atoms with Crippen LogP contribution in [0.4, 0.5) is 13.2 Å². The predicted octanol–water partition coefficient (Wildman–Crippen LogP) is 2.19. The average Bonchev–Trinajstić information content (AvgIpc) is 3.13. The van der Waals surface area contributed by atoms with Gasteiger partial charge in [0.1, 0.15) is 6.04 Å². The van der Waals surface area contributed by atoms with E-state index in [9.17, 15) is 22.8 Å². The van der Waals surface area contributed by atoms with Gasteiger partial charge in [-0.25, -0.2) is 4.98 Å². The molecule has 0 aliphatic carbocycles. The van der Waals surface area contributed by atoms with E-state index in [-0.39, 0.29) is 11.0 Å². The molecule has 2 aromatic rings. The van der Waals surface area contributed by atoms with E-state index in [0.29, 0.717) is 13.1 Å². The second kappa shape index (κ2) is 7.67. The molecular formula is C18H21F3N4O2. The van der Waals surface area contributed by atoms with Crippen LogP contribution in [-0.4, -0.2) is 46.5 Å². The summed E-state index contributed by atoms with van der Waals surface area (Å²) in [4.78, 5) is 30.6. The zero-order valence-corrected chi connectivity index (χ0v) is 14.9. The van der Waals surface area contributed by atoms with E-state index < -0.39 is 29.4 Å². The monoisotopic (exact) mass is 382 g/mol. The van der Waals surface area contributed by atoms with Crippen LogP contribution in [0.15, 0.2) is 29.1 Å². The van der Waals surface area contributed by atoms with E-state index in [4.69, 9.17) is 0 Å². The van der Waals surface area contributed by atoms with Crippen molar-refractivity contribution in [2.24, 2.45) is 0 Å². The number of para-hydroxylation sites is 2. The van der Waals surface area contributed by atoms with Crippen LogP contribution in [0.2, 0.25) is 0 Å². The fourth-order valence-electron chi connectivity index (χ4n) is 3.33. The Balaban J connectivity index is 1.88. The van der Waals surface area contributed by atoms with Crippen LogP contribution in [0, 0.1) is 0 Å². The zero-order chi connectivity index (χ0) is 19.6. The van der Waals surface area contributed by atoms with Gasteiger partial charge in [-0.15, -0.1) is 0 Å². The van der Waals surface area contributed by atoms with Crippen LogP contribution < -0.4 is 10.9 Å². The fraction of sp³-hybridized carbons (Fsp3) is 0.500. The molecule has 1 amide bonds. The standard InChI is InChI=1S/C18H21F3N4O2/c1-12(16(26)22-8-11-24-9-4-5-10-24)25-14-7-3-2-6-13(14)23-15(17(25)27)18(19,20)21/h2-3,6-7,12H,4-5,8-11H2,1H3,(H,22,26). The van der Waals surface area contributed by atoms with Gasteiger partial charge >= 0.3 is 6.18 Å². The third kappa shape index (κ3) is 4.13. The van der Waals surface area contributed by atoms with Crippen LogP contribution in [0.5, 0.6) is 0 Å². The maximum absolute atomic E-state index is 13.2. The fourth-order valence-corrected chi connectivity index (χ4v) is 3.33. The van der Waals surface area contributed by atoms with Crippen molar-refractivity contribution in [3.05, 3.63) is 40.3 Å². The van der Waals surface area contributed by atoms with E-state index >= 15 is 0 Å². The van der Waals surface area contributed by atoms with E-state index in [2.05, 4.69) is 15.2 Å². The molecule has 0 radical (unpaired) electrons. The Hall–Kier alpha value is -2.42. The first-order chi connectivity index (χ1) is 12.8. The van der Waals surface area contributed by atoms with Gasteiger partial charge in [-0.3, -0.25) is 14.2 Å². The Labute approximate surface area is 154 Å². The van der Waals surface area contributed by atoms with E-state index in [1.54, 1.807) is 6.07 Å². The van der Waals surface area contributed by atoms with Crippen molar-refractivity contribution >= 4 is 16.9 Å². The number of carbonyl (C=O) groups is 1. The summed E-state index contributed by atoms with van der Waals surface area (Å²) < 4.78 is 40.5. The molecule has 1 N–H and O–H groups in total. The number of hydrogen-bond acceptors (Lipinski definition) is 4. The van der Waals surface area contributed by atoms with E-state index in [0.717, 1.165) is 30.5 Å². The quantitative estimate of drug-likeness (QED) is 0.861. The highest BCUT2D eigenvalue weighted by Crippen LogP contribution is 2.27. The summed E-state index contributed by atoms with van der Waals surface area (Å²) in [5, 5.41) is 2.72. The molecule has 27 heavy (non-hydrogen) atoms. The van der Waals surface area contributed by atoms with Crippen LogP contribution >= 0.6 is 0 Å². The number of carbonyl (C=O) groups excluding carboxylic acids is 1. The molecule has 1 aliphatic rings. The summed E-state index contributed by atoms with van der Waals surface area (Å²) >= 11 is 0. The third-order valence-corrected chi connectivity index (χ3v) is 4.76. The summed E-state index contributed by atoms with van der Waals surface area (Å²) in [5.41, 5.74) is -2.62. The van der Waals surface area contributed by atoms with E-state index in [1.807, 2.05) is 0 Å². The summed E-state index contributed by atoms with van der Waals surface area (Å²) in [6, 6.07) is 4.90. The van der Waals surface area contributed by atoms with Crippen molar-refractivity contribution in [3.63, 3.8) is 0 Å². The molecule has 1 unspecified atom stereocenters. The highest BCUT2D eigenvalue weighted by Gasteiger charge is 2.38. The van der Waals surface area contributed by atoms with Gasteiger partial charge in [0.2, 0.25) is 11.6 Å². The second-order valence-corrected chi connectivity index (χ2v) is 6.64. The average molecular weight is 382 g/mol. The molecule has 1 aromatic heterocycles. The molecule has 1 aliphatic heterocycles. The molecule has 9 heteroatoms. The number of alkyl halides is 3. The molecule has 2 heterocycles. The summed E-state index contributed by atoms with van der Waals surface area (Å²) in [7, 11) is 0. The lowest BCUT2D eigenvalue weighted by atomic mass is 10.2. The molecular weight excluding hydrogens is 361 g/mol. The Kier molecular flexibility index (Phi) is 5.50. The van der Waals surface area contributed by atoms with E-state index in [1.165, 1.54) is 25.1 Å². The topological polar surface area (TPSA) is 67.2 Å². The number of hydrogen-bond donors (Lipinski definition) is 1. The Morgan fingerprint density at radius 3 is 2.59 bits per heavy atom. The highest BCUT2D eigenvalue weighted by molar-refractivity contribution is 5.83. The molecule has 1 aromatic carbocycles. The molecule has 1 atom stereocenters. The number of fused-ring (bicyclic) bond motifs is 1. The number of likely N-dealkylation sites (tertiary alicyclic amines) is 1. The lowest BCUT2D eigenvalue weighted by Gasteiger charge is -2.20. The van der Waals surface area contributed by atoms with Crippen molar-refractivity contribution in [3.8, 4) is 0 Å². The number of halogens is 3. The molecule has 0 bridgehead atoms. The maximum atomic E-state index is 13.2. The van der Waals surface area contributed by atoms with Gasteiger partial charge in [0.05, 0.1) is 11.0 Å². The molecule has 0 saturated carbocycles. The molecule has 146 valence electrons. The zero-order valence-electron chi connectivity index (χ0n) is 14.9. The Morgan fingerprint density at radius 1 is 1.26 bits per heavy atom. The SMILES string of the molecule is CC(C(=O)NCCN1CCCC1)n1c(=O)c(C(F)(F)F)nc2ccccc21. The first kappa shape index (κ1) is 19.3. The van der Waals surface area contributed by atoms with Gasteiger partial charge in [0.25, 0.3) is 5.56 Å². The van der Waals surface area contributed by atoms with Crippen molar-refractivity contribution in [2.45, 2.75) is 32.0 Å². The van der Waals surface area contributed by atoms with Crippen molar-refractivity contribution in [1.29, 1.82) is 0 Å². The Morgan fingerprint density at radius 2 is 1.93 bits per heavy atom. The predicted molar refractivity (Wildman–Crippen MR) is 94.4 cm³/mol. The first-order valence-corrected chi connectivity index (χ1v) is 8.87. The van der Waals surface area contributed by atoms with Gasteiger partial charge in [0, 0.05) is 13.1 Å². The number of nitrogens with one attached hydrogen (secondary N) is 1. The largest absolute Gasteiger partial charge is 0.438 e. The number of rotatable bonds is 5. The molecule has 1 fully saturated rings. The van der Waals surface area contributed by atoms with Gasteiger partial charge in [-0.2, -0.15) is 13.2 Å². The van der Waals surface area contributed by atoms with Crippen LogP contribution in [-0.2, 0) is 11.0 Å². The summed E-state index contributed by atoms with van der Waals surface area (Å²) in [6.07, 6.45) is -2.64. The Bertz CT molecular complexity index is 888. The number of aromatic nitrogens is 2. The van der Waals surface area contributed by atoms with Crippen LogP contribution in [0.1, 0.15) is 31.5 Å². The lowest BCUT2D eigenvalue weighted by molar-refractivity contribution is -0.142. The smallest absolute Gasteiger partial charge is 0.353 e. The van der Waals surface area contributed by atoms with Gasteiger partial charge in [0.15, 0.2) is 0 Å². The van der Waals surface area contributed by atoms with Crippen LogP contribution in [0.3, 0.4) is 0 Å². The molecule has 3 rings (SSSR count). The van der Waals surface area contributed by atoms with Crippen molar-refractivity contribution in [2.75, 3.05) is 26.2 Å². The minimum absolute atomic E-state index is 0.0149. The van der Waals surface area contributed by atoms with Gasteiger partial charge < -0.3 is 10.2 Å². The van der Waals surface area contributed by atoms with Crippen molar-refractivity contribution in [1.82, 2.24) is 19.8 Å². The summed E-state index contributed by atoms with van der Waals surface area (Å²) in [6.45, 7) is 4.44. The molecule has 6 nitrogen and oxygen atoms in total. The molecule has 1 saturated heterocycles. The maximum Gasteiger partial charge on any atom is 0.438 e. The van der Waals surface area contributed by atoms with Gasteiger partial charge in [-0.05, 0) is 45.0 Å². The lowest BCUT2D eigenvalue weighted by Crippen LogP contribution is -2.41. The highest BCUT2D eigenvalue weighted by atomic mass is 19.4. The summed E-state index contributed by atoms with van der Waals surface area (Å²) in [5.74, 6) is -0.499. The van der Waals surface area contributed by atoms with Crippen LogP contribution in [0.25, 0.3) is 11.0 Å². The first-order valence-electron chi connectivity index (χ1n) is 8.87. The normalized spacial score (nSPS) is 16.6. The minimum atomic E-state index is -4.89. The molecule has 0 spiro atoms. The third-order valence-electron chi connectivity index (χ3n) is 4.76.